The zero-order valence-electron chi connectivity index (χ0n) is 12.0. The molecule has 1 heterocycles. The van der Waals surface area contributed by atoms with E-state index in [-0.39, 0.29) is 12.0 Å². The Balaban J connectivity index is 1.84. The van der Waals surface area contributed by atoms with Crippen molar-refractivity contribution in [1.29, 1.82) is 0 Å². The standard InChI is InChI=1S/C15H19BrN2O3/c1-2-21-15(20)18-8-6-17(7-9-18)14(19)11-12-4-3-5-13(16)10-12/h3-5,10H,2,6-9,11H2,1H3. The summed E-state index contributed by atoms with van der Waals surface area (Å²) in [6.45, 7) is 4.35. The second-order valence-electron chi connectivity index (χ2n) is 4.87. The molecule has 0 atom stereocenters. The Kier molecular flexibility index (Phi) is 5.61. The number of benzene rings is 1. The molecule has 0 aliphatic carbocycles. The number of carbonyl (C=O) groups is 2. The van der Waals surface area contributed by atoms with Gasteiger partial charge in [-0.3, -0.25) is 4.79 Å². The molecule has 5 nitrogen and oxygen atoms in total. The van der Waals surface area contributed by atoms with Gasteiger partial charge in [0.05, 0.1) is 13.0 Å². The van der Waals surface area contributed by atoms with E-state index in [0.29, 0.717) is 39.2 Å². The molecule has 0 saturated carbocycles. The number of rotatable bonds is 3. The van der Waals surface area contributed by atoms with Gasteiger partial charge >= 0.3 is 6.09 Å². The number of carbonyl (C=O) groups excluding carboxylic acids is 2. The number of ether oxygens (including phenoxy) is 1. The molecule has 1 fully saturated rings. The topological polar surface area (TPSA) is 49.9 Å². The van der Waals surface area contributed by atoms with Crippen LogP contribution in [-0.4, -0.2) is 54.6 Å². The second-order valence-corrected chi connectivity index (χ2v) is 5.79. The molecule has 1 aromatic rings. The van der Waals surface area contributed by atoms with Crippen molar-refractivity contribution in [3.63, 3.8) is 0 Å². The Morgan fingerprint density at radius 3 is 2.48 bits per heavy atom. The fourth-order valence-corrected chi connectivity index (χ4v) is 2.73. The van der Waals surface area contributed by atoms with Crippen LogP contribution >= 0.6 is 15.9 Å². The molecule has 0 aromatic heterocycles. The Morgan fingerprint density at radius 1 is 1.19 bits per heavy atom. The zero-order valence-corrected chi connectivity index (χ0v) is 13.6. The fourth-order valence-electron chi connectivity index (χ4n) is 2.29. The summed E-state index contributed by atoms with van der Waals surface area (Å²) in [7, 11) is 0. The van der Waals surface area contributed by atoms with Crippen molar-refractivity contribution < 1.29 is 14.3 Å². The molecule has 1 saturated heterocycles. The van der Waals surface area contributed by atoms with Crippen LogP contribution in [0.25, 0.3) is 0 Å². The van der Waals surface area contributed by atoms with Crippen LogP contribution in [0.3, 0.4) is 0 Å². The van der Waals surface area contributed by atoms with Gasteiger partial charge in [0.2, 0.25) is 5.91 Å². The molecular formula is C15H19BrN2O3. The lowest BCUT2D eigenvalue weighted by Crippen LogP contribution is -2.51. The van der Waals surface area contributed by atoms with Crippen molar-refractivity contribution >= 4 is 27.9 Å². The van der Waals surface area contributed by atoms with Crippen LogP contribution in [0, 0.1) is 0 Å². The van der Waals surface area contributed by atoms with Gasteiger partial charge in [-0.25, -0.2) is 4.79 Å². The summed E-state index contributed by atoms with van der Waals surface area (Å²) in [5.74, 6) is 0.0941. The lowest BCUT2D eigenvalue weighted by Gasteiger charge is -2.34. The molecule has 2 amide bonds. The Morgan fingerprint density at radius 2 is 1.86 bits per heavy atom. The molecule has 1 aliphatic rings. The lowest BCUT2D eigenvalue weighted by atomic mass is 10.1. The maximum Gasteiger partial charge on any atom is 0.409 e. The molecule has 2 rings (SSSR count). The summed E-state index contributed by atoms with van der Waals surface area (Å²) < 4.78 is 5.94. The molecule has 114 valence electrons. The maximum absolute atomic E-state index is 12.3. The van der Waals surface area contributed by atoms with E-state index in [0.717, 1.165) is 10.0 Å². The van der Waals surface area contributed by atoms with Crippen LogP contribution in [0.2, 0.25) is 0 Å². The maximum atomic E-state index is 12.3. The first-order chi connectivity index (χ1) is 10.1. The number of nitrogens with zero attached hydrogens (tertiary/aromatic N) is 2. The van der Waals surface area contributed by atoms with Gasteiger partial charge in [0.1, 0.15) is 0 Å². The zero-order chi connectivity index (χ0) is 15.2. The van der Waals surface area contributed by atoms with E-state index in [4.69, 9.17) is 4.74 Å². The van der Waals surface area contributed by atoms with Crippen molar-refractivity contribution in [1.82, 2.24) is 9.80 Å². The summed E-state index contributed by atoms with van der Waals surface area (Å²) in [5.41, 5.74) is 0.988. The second kappa shape index (κ2) is 7.45. The molecule has 1 aromatic carbocycles. The third-order valence-corrected chi connectivity index (χ3v) is 3.90. The first-order valence-electron chi connectivity index (χ1n) is 7.04. The average Bonchev–Trinajstić information content (AvgIpc) is 2.47. The normalized spacial score (nSPS) is 15.0. The highest BCUT2D eigenvalue weighted by Crippen LogP contribution is 2.13. The fraction of sp³-hybridized carbons (Fsp3) is 0.467. The highest BCUT2D eigenvalue weighted by Gasteiger charge is 2.24. The van der Waals surface area contributed by atoms with Gasteiger partial charge in [0.25, 0.3) is 0 Å². The van der Waals surface area contributed by atoms with Gasteiger partial charge in [-0.1, -0.05) is 28.1 Å². The highest BCUT2D eigenvalue weighted by molar-refractivity contribution is 9.10. The first kappa shape index (κ1) is 15.8. The van der Waals surface area contributed by atoms with Gasteiger partial charge in [0, 0.05) is 30.7 Å². The average molecular weight is 355 g/mol. The van der Waals surface area contributed by atoms with Gasteiger partial charge in [0.15, 0.2) is 0 Å². The summed E-state index contributed by atoms with van der Waals surface area (Å²) >= 11 is 3.40. The van der Waals surface area contributed by atoms with Crippen molar-refractivity contribution in [2.45, 2.75) is 13.3 Å². The monoisotopic (exact) mass is 354 g/mol. The highest BCUT2D eigenvalue weighted by atomic mass is 79.9. The minimum atomic E-state index is -0.295. The summed E-state index contributed by atoms with van der Waals surface area (Å²) in [5, 5.41) is 0. The number of hydrogen-bond donors (Lipinski definition) is 0. The molecule has 0 spiro atoms. The minimum Gasteiger partial charge on any atom is -0.450 e. The van der Waals surface area contributed by atoms with E-state index >= 15 is 0 Å². The van der Waals surface area contributed by atoms with E-state index in [9.17, 15) is 9.59 Å². The summed E-state index contributed by atoms with van der Waals surface area (Å²) in [6.07, 6.45) is 0.0929. The molecule has 0 unspecified atom stereocenters. The van der Waals surface area contributed by atoms with Crippen LogP contribution in [-0.2, 0) is 16.0 Å². The smallest absolute Gasteiger partial charge is 0.409 e. The number of piperazine rings is 1. The SMILES string of the molecule is CCOC(=O)N1CCN(C(=O)Cc2cccc(Br)c2)CC1. The molecule has 1 aliphatic heterocycles. The van der Waals surface area contributed by atoms with E-state index in [1.807, 2.05) is 24.3 Å². The van der Waals surface area contributed by atoms with Gasteiger partial charge in [-0.2, -0.15) is 0 Å². The van der Waals surface area contributed by atoms with Gasteiger partial charge in [-0.15, -0.1) is 0 Å². The Hall–Kier alpha value is -1.56. The van der Waals surface area contributed by atoms with Gasteiger partial charge in [-0.05, 0) is 24.6 Å². The molecule has 6 heteroatoms. The van der Waals surface area contributed by atoms with E-state index in [1.54, 1.807) is 16.7 Å². The minimum absolute atomic E-state index is 0.0941. The van der Waals surface area contributed by atoms with Crippen LogP contribution in [0.15, 0.2) is 28.7 Å². The molecular weight excluding hydrogens is 336 g/mol. The predicted octanol–water partition coefficient (Wildman–Crippen LogP) is 2.29. The Labute approximate surface area is 133 Å². The molecule has 21 heavy (non-hydrogen) atoms. The largest absolute Gasteiger partial charge is 0.450 e. The summed E-state index contributed by atoms with van der Waals surface area (Å²) in [6, 6.07) is 7.75. The van der Waals surface area contributed by atoms with Crippen molar-refractivity contribution in [2.75, 3.05) is 32.8 Å². The summed E-state index contributed by atoms with van der Waals surface area (Å²) in [4.78, 5) is 27.3. The van der Waals surface area contributed by atoms with E-state index < -0.39 is 0 Å². The molecule has 0 radical (unpaired) electrons. The van der Waals surface area contributed by atoms with Crippen molar-refractivity contribution in [2.24, 2.45) is 0 Å². The van der Waals surface area contributed by atoms with E-state index in [2.05, 4.69) is 15.9 Å². The van der Waals surface area contributed by atoms with Crippen LogP contribution in [0.4, 0.5) is 4.79 Å². The predicted molar refractivity (Wildman–Crippen MR) is 83.0 cm³/mol. The number of halogens is 1. The number of hydrogen-bond acceptors (Lipinski definition) is 3. The van der Waals surface area contributed by atoms with Crippen molar-refractivity contribution in [3.05, 3.63) is 34.3 Å². The quantitative estimate of drug-likeness (QED) is 0.836. The molecule has 0 bridgehead atoms. The Bertz CT molecular complexity index is 513. The van der Waals surface area contributed by atoms with E-state index in [1.165, 1.54) is 0 Å². The molecule has 0 N–H and O–H groups in total. The van der Waals surface area contributed by atoms with Crippen LogP contribution in [0.5, 0.6) is 0 Å². The first-order valence-corrected chi connectivity index (χ1v) is 7.83. The number of amides is 2. The van der Waals surface area contributed by atoms with Crippen LogP contribution < -0.4 is 0 Å². The lowest BCUT2D eigenvalue weighted by molar-refractivity contribution is -0.132. The van der Waals surface area contributed by atoms with Crippen molar-refractivity contribution in [3.8, 4) is 0 Å². The third kappa shape index (κ3) is 4.46. The van der Waals surface area contributed by atoms with Crippen LogP contribution in [0.1, 0.15) is 12.5 Å². The van der Waals surface area contributed by atoms with Gasteiger partial charge < -0.3 is 14.5 Å². The third-order valence-electron chi connectivity index (χ3n) is 3.40.